The average Bonchev–Trinajstić information content (AvgIpc) is 2.00. The third kappa shape index (κ3) is 4.88. The van der Waals surface area contributed by atoms with Crippen LogP contribution in [0.2, 0.25) is 0 Å². The molecule has 12 heavy (non-hydrogen) atoms. The minimum Gasteiger partial charge on any atom is -0.465 e. The molecule has 0 aromatic carbocycles. The Bertz CT molecular complexity index is 152. The predicted molar refractivity (Wildman–Crippen MR) is 45.3 cm³/mol. The molecular weight excluding hydrogens is 156 g/mol. The number of rotatable bonds is 5. The number of esters is 1. The fourth-order valence-corrected chi connectivity index (χ4v) is 0.599. The molecule has 69 valence electrons. The van der Waals surface area contributed by atoms with E-state index in [-0.39, 0.29) is 18.3 Å². The standard InChI is InChI=1S/C9H15O3/c1-7(2)6-12-9(11)8(3)4-5-10/h7-8H,4,6H2,1-3H3. The summed E-state index contributed by atoms with van der Waals surface area (Å²) in [6.07, 6.45) is 1.81. The second-order valence-electron chi connectivity index (χ2n) is 3.27. The van der Waals surface area contributed by atoms with Crippen LogP contribution in [-0.2, 0) is 14.3 Å². The second-order valence-corrected chi connectivity index (χ2v) is 3.27. The zero-order valence-corrected chi connectivity index (χ0v) is 7.79. The Kier molecular flexibility index (Phi) is 5.34. The van der Waals surface area contributed by atoms with Crippen LogP contribution in [0.15, 0.2) is 0 Å². The fourth-order valence-electron chi connectivity index (χ4n) is 0.599. The molecule has 0 aliphatic carbocycles. The number of hydrogen-bond acceptors (Lipinski definition) is 3. The Balaban J connectivity index is 3.63. The van der Waals surface area contributed by atoms with Crippen molar-refractivity contribution in [3.8, 4) is 0 Å². The van der Waals surface area contributed by atoms with Gasteiger partial charge in [-0.1, -0.05) is 20.8 Å². The van der Waals surface area contributed by atoms with Crippen LogP contribution < -0.4 is 0 Å². The van der Waals surface area contributed by atoms with Crippen molar-refractivity contribution >= 4 is 12.3 Å². The maximum absolute atomic E-state index is 11.0. The molecule has 1 radical (unpaired) electrons. The van der Waals surface area contributed by atoms with Crippen molar-refractivity contribution in [1.82, 2.24) is 0 Å². The van der Waals surface area contributed by atoms with Crippen molar-refractivity contribution in [2.45, 2.75) is 27.2 Å². The third-order valence-corrected chi connectivity index (χ3v) is 1.35. The van der Waals surface area contributed by atoms with E-state index < -0.39 is 0 Å². The SMILES string of the molecule is CC(C)COC(=O)C(C)C[C]=O. The van der Waals surface area contributed by atoms with E-state index in [0.717, 1.165) is 0 Å². The summed E-state index contributed by atoms with van der Waals surface area (Å²) >= 11 is 0. The van der Waals surface area contributed by atoms with E-state index in [4.69, 9.17) is 4.74 Å². The molecular formula is C9H15O3. The first-order valence-electron chi connectivity index (χ1n) is 4.09. The summed E-state index contributed by atoms with van der Waals surface area (Å²) < 4.78 is 4.90. The first-order valence-corrected chi connectivity index (χ1v) is 4.09. The van der Waals surface area contributed by atoms with Gasteiger partial charge in [-0.3, -0.25) is 9.59 Å². The number of ether oxygens (including phenoxy) is 1. The van der Waals surface area contributed by atoms with Crippen LogP contribution >= 0.6 is 0 Å². The van der Waals surface area contributed by atoms with Gasteiger partial charge in [-0.05, 0) is 5.92 Å². The van der Waals surface area contributed by atoms with E-state index in [1.54, 1.807) is 13.2 Å². The van der Waals surface area contributed by atoms with Gasteiger partial charge in [-0.25, -0.2) is 0 Å². The monoisotopic (exact) mass is 171 g/mol. The maximum atomic E-state index is 11.0. The summed E-state index contributed by atoms with van der Waals surface area (Å²) in [4.78, 5) is 21.0. The van der Waals surface area contributed by atoms with Crippen LogP contribution in [0.4, 0.5) is 0 Å². The molecule has 3 nitrogen and oxygen atoms in total. The van der Waals surface area contributed by atoms with E-state index in [1.807, 2.05) is 13.8 Å². The number of hydrogen-bond donors (Lipinski definition) is 0. The van der Waals surface area contributed by atoms with Crippen LogP contribution in [0.3, 0.4) is 0 Å². The Hall–Kier alpha value is -0.860. The van der Waals surface area contributed by atoms with Crippen molar-refractivity contribution in [1.29, 1.82) is 0 Å². The molecule has 0 aromatic heterocycles. The zero-order chi connectivity index (χ0) is 9.56. The highest BCUT2D eigenvalue weighted by Crippen LogP contribution is 2.03. The van der Waals surface area contributed by atoms with E-state index in [0.29, 0.717) is 12.5 Å². The predicted octanol–water partition coefficient (Wildman–Crippen LogP) is 1.32. The summed E-state index contributed by atoms with van der Waals surface area (Å²) in [5, 5.41) is 0. The molecule has 0 aliphatic heterocycles. The van der Waals surface area contributed by atoms with Crippen LogP contribution in [0, 0.1) is 11.8 Å². The fraction of sp³-hybridized carbons (Fsp3) is 0.778. The minimum absolute atomic E-state index is 0.122. The molecule has 0 heterocycles. The summed E-state index contributed by atoms with van der Waals surface area (Å²) in [6.45, 7) is 6.00. The van der Waals surface area contributed by atoms with Crippen LogP contribution in [-0.4, -0.2) is 18.9 Å². The van der Waals surface area contributed by atoms with Crippen molar-refractivity contribution < 1.29 is 14.3 Å². The largest absolute Gasteiger partial charge is 0.465 e. The Morgan fingerprint density at radius 2 is 2.00 bits per heavy atom. The minimum atomic E-state index is -0.360. The van der Waals surface area contributed by atoms with E-state index in [2.05, 4.69) is 0 Å². The molecule has 0 saturated heterocycles. The van der Waals surface area contributed by atoms with Gasteiger partial charge in [0.1, 0.15) is 0 Å². The summed E-state index contributed by atoms with van der Waals surface area (Å²) in [5.41, 5.74) is 0. The molecule has 0 N–H and O–H groups in total. The van der Waals surface area contributed by atoms with Gasteiger partial charge in [-0.2, -0.15) is 0 Å². The lowest BCUT2D eigenvalue weighted by Crippen LogP contribution is -2.17. The summed E-state index contributed by atoms with van der Waals surface area (Å²) in [7, 11) is 0. The highest BCUT2D eigenvalue weighted by atomic mass is 16.5. The zero-order valence-electron chi connectivity index (χ0n) is 7.79. The third-order valence-electron chi connectivity index (χ3n) is 1.35. The molecule has 3 heteroatoms. The maximum Gasteiger partial charge on any atom is 0.309 e. The van der Waals surface area contributed by atoms with Gasteiger partial charge in [0.05, 0.1) is 12.5 Å². The molecule has 0 spiro atoms. The molecule has 0 bridgehead atoms. The van der Waals surface area contributed by atoms with Gasteiger partial charge in [0.2, 0.25) is 0 Å². The lowest BCUT2D eigenvalue weighted by Gasteiger charge is -2.09. The Morgan fingerprint density at radius 1 is 1.42 bits per heavy atom. The van der Waals surface area contributed by atoms with Crippen LogP contribution in [0.25, 0.3) is 0 Å². The summed E-state index contributed by atoms with van der Waals surface area (Å²) in [6, 6.07) is 0. The second kappa shape index (κ2) is 5.75. The lowest BCUT2D eigenvalue weighted by atomic mass is 10.1. The summed E-state index contributed by atoms with van der Waals surface area (Å²) in [5.74, 6) is -0.338. The normalized spacial score (nSPS) is 12.7. The van der Waals surface area contributed by atoms with Gasteiger partial charge in [0.15, 0.2) is 6.29 Å². The van der Waals surface area contributed by atoms with Crippen LogP contribution in [0.1, 0.15) is 27.2 Å². The first kappa shape index (κ1) is 11.1. The van der Waals surface area contributed by atoms with Crippen molar-refractivity contribution in [3.63, 3.8) is 0 Å². The molecule has 1 atom stereocenters. The van der Waals surface area contributed by atoms with Crippen molar-refractivity contribution in [2.24, 2.45) is 11.8 Å². The van der Waals surface area contributed by atoms with E-state index >= 15 is 0 Å². The smallest absolute Gasteiger partial charge is 0.309 e. The molecule has 0 aromatic rings. The molecule has 0 aliphatic rings. The lowest BCUT2D eigenvalue weighted by molar-refractivity contribution is -0.148. The molecule has 0 rings (SSSR count). The topological polar surface area (TPSA) is 43.4 Å². The first-order chi connectivity index (χ1) is 5.57. The molecule has 0 fully saturated rings. The van der Waals surface area contributed by atoms with Crippen LogP contribution in [0.5, 0.6) is 0 Å². The number of carbonyl (C=O) groups excluding carboxylic acids is 2. The van der Waals surface area contributed by atoms with E-state index in [9.17, 15) is 9.59 Å². The highest BCUT2D eigenvalue weighted by Gasteiger charge is 2.14. The van der Waals surface area contributed by atoms with Gasteiger partial charge in [-0.15, -0.1) is 0 Å². The Labute approximate surface area is 73.1 Å². The highest BCUT2D eigenvalue weighted by molar-refractivity contribution is 5.75. The average molecular weight is 171 g/mol. The molecule has 0 saturated carbocycles. The van der Waals surface area contributed by atoms with E-state index in [1.165, 1.54) is 0 Å². The molecule has 0 amide bonds. The van der Waals surface area contributed by atoms with Gasteiger partial charge < -0.3 is 4.74 Å². The Morgan fingerprint density at radius 3 is 2.42 bits per heavy atom. The van der Waals surface area contributed by atoms with Gasteiger partial charge in [0.25, 0.3) is 0 Å². The van der Waals surface area contributed by atoms with Gasteiger partial charge in [0, 0.05) is 6.42 Å². The van der Waals surface area contributed by atoms with Crippen molar-refractivity contribution in [3.05, 3.63) is 0 Å². The quantitative estimate of drug-likeness (QED) is 0.586. The number of carbonyl (C=O) groups is 1. The van der Waals surface area contributed by atoms with Crippen molar-refractivity contribution in [2.75, 3.05) is 6.61 Å². The molecule has 1 unspecified atom stereocenters. The van der Waals surface area contributed by atoms with Gasteiger partial charge >= 0.3 is 5.97 Å².